The minimum absolute atomic E-state index is 0.209. The molecular formula is C23H29N7O3S. The molecule has 4 rings (SSSR count). The number of carbonyl (C=O) groups is 1. The van der Waals surface area contributed by atoms with E-state index in [2.05, 4.69) is 39.9 Å². The van der Waals surface area contributed by atoms with Crippen molar-refractivity contribution in [2.24, 2.45) is 4.40 Å². The Labute approximate surface area is 202 Å². The summed E-state index contributed by atoms with van der Waals surface area (Å²) in [6.45, 7) is 9.29. The van der Waals surface area contributed by atoms with Gasteiger partial charge in [-0.2, -0.15) is 19.4 Å². The van der Waals surface area contributed by atoms with Gasteiger partial charge in [0.25, 0.3) is 0 Å². The number of aromatic nitrogens is 4. The van der Waals surface area contributed by atoms with Crippen molar-refractivity contribution in [2.75, 3.05) is 13.7 Å². The summed E-state index contributed by atoms with van der Waals surface area (Å²) in [5, 5.41) is 24.7. The van der Waals surface area contributed by atoms with E-state index in [0.717, 1.165) is 52.4 Å². The first-order valence-corrected chi connectivity index (χ1v) is 12.0. The van der Waals surface area contributed by atoms with E-state index in [4.69, 9.17) is 14.9 Å². The summed E-state index contributed by atoms with van der Waals surface area (Å²) >= 11 is 1.31. The maximum Gasteiger partial charge on any atom is 0.410 e. The molecule has 11 heteroatoms. The number of nitrogens with one attached hydrogen (secondary N) is 2. The van der Waals surface area contributed by atoms with Gasteiger partial charge in [-0.25, -0.2) is 4.79 Å². The minimum atomic E-state index is -1.19. The lowest BCUT2D eigenvalue weighted by Crippen LogP contribution is -2.32. The molecule has 0 saturated carbocycles. The number of aryl methyl sites for hydroxylation is 1. The standard InChI is InChI=1S/C23H29N7O3S/c1-12(2)24-7-6-15-8-17-19-16(15)11-34-29-22(26-23(31)32)20(19)28-30(27-17)10-18-14(4)21(33-5)13(3)9-25-18/h8-9,12,24H,6-7,10-11H2,1-5H3,(H,26,29)(H,31,32). The Morgan fingerprint density at radius 3 is 2.82 bits per heavy atom. The molecule has 0 aromatic carbocycles. The van der Waals surface area contributed by atoms with Gasteiger partial charge in [0, 0.05) is 34.7 Å². The second kappa shape index (κ2) is 9.98. The molecule has 3 heterocycles. The van der Waals surface area contributed by atoms with Crippen LogP contribution >= 0.6 is 11.9 Å². The van der Waals surface area contributed by atoms with Crippen LogP contribution in [0, 0.1) is 13.8 Å². The molecule has 3 aliphatic rings. The molecule has 1 aromatic rings. The summed E-state index contributed by atoms with van der Waals surface area (Å²) in [6, 6.07) is 2.47. The number of amidine groups is 1. The molecule has 1 amide bonds. The van der Waals surface area contributed by atoms with E-state index in [1.165, 1.54) is 17.5 Å². The summed E-state index contributed by atoms with van der Waals surface area (Å²) < 4.78 is 9.95. The SMILES string of the molecule is COc1c(C)cnc(Cn2nc3cc(CCNC(C)C)c4c-3c(n2)C(NC(=O)O)=NSC4)c1C. The number of amides is 1. The van der Waals surface area contributed by atoms with Crippen molar-refractivity contribution in [3.05, 3.63) is 45.9 Å². The van der Waals surface area contributed by atoms with Crippen molar-refractivity contribution in [3.8, 4) is 17.0 Å². The largest absolute Gasteiger partial charge is 0.496 e. The van der Waals surface area contributed by atoms with Crippen molar-refractivity contribution >= 4 is 23.9 Å². The van der Waals surface area contributed by atoms with E-state index in [1.54, 1.807) is 18.1 Å². The van der Waals surface area contributed by atoms with Crippen LogP contribution in [0.25, 0.3) is 11.3 Å². The number of ether oxygens (including phenoxy) is 1. The highest BCUT2D eigenvalue weighted by atomic mass is 32.2. The number of methoxy groups -OCH3 is 1. The lowest BCUT2D eigenvalue weighted by Gasteiger charge is -2.15. The molecule has 0 bridgehead atoms. The van der Waals surface area contributed by atoms with Crippen LogP contribution in [-0.4, -0.2) is 56.7 Å². The minimum Gasteiger partial charge on any atom is -0.496 e. The molecule has 0 fully saturated rings. The highest BCUT2D eigenvalue weighted by Gasteiger charge is 2.29. The zero-order chi connectivity index (χ0) is 24.4. The highest BCUT2D eigenvalue weighted by Crippen LogP contribution is 2.38. The molecule has 180 valence electrons. The van der Waals surface area contributed by atoms with E-state index in [0.29, 0.717) is 24.0 Å². The maximum atomic E-state index is 11.5. The molecule has 1 aliphatic carbocycles. The van der Waals surface area contributed by atoms with Crippen molar-refractivity contribution in [1.29, 1.82) is 0 Å². The van der Waals surface area contributed by atoms with Crippen LogP contribution in [0.5, 0.6) is 5.75 Å². The lowest BCUT2D eigenvalue weighted by molar-refractivity contribution is 0.200. The second-order valence-corrected chi connectivity index (χ2v) is 9.27. The second-order valence-electron chi connectivity index (χ2n) is 8.54. The average Bonchev–Trinajstić information content (AvgIpc) is 3.01. The predicted molar refractivity (Wildman–Crippen MR) is 132 cm³/mol. The van der Waals surface area contributed by atoms with Gasteiger partial charge < -0.3 is 15.2 Å². The zero-order valence-electron chi connectivity index (χ0n) is 20.0. The van der Waals surface area contributed by atoms with Gasteiger partial charge in [0.2, 0.25) is 0 Å². The van der Waals surface area contributed by atoms with Gasteiger partial charge in [-0.15, -0.1) is 0 Å². The molecule has 0 saturated heterocycles. The van der Waals surface area contributed by atoms with Crippen LogP contribution < -0.4 is 15.4 Å². The fraction of sp³-hybridized carbons (Fsp3) is 0.435. The first kappa shape index (κ1) is 24.0. The fourth-order valence-electron chi connectivity index (χ4n) is 4.17. The van der Waals surface area contributed by atoms with Crippen molar-refractivity contribution in [1.82, 2.24) is 30.6 Å². The van der Waals surface area contributed by atoms with Crippen LogP contribution in [0.15, 0.2) is 16.7 Å². The molecule has 0 spiro atoms. The quantitative estimate of drug-likeness (QED) is 0.438. The molecule has 0 atom stereocenters. The average molecular weight is 484 g/mol. The molecule has 0 radical (unpaired) electrons. The first-order chi connectivity index (χ1) is 16.3. The van der Waals surface area contributed by atoms with Gasteiger partial charge in [-0.3, -0.25) is 10.3 Å². The van der Waals surface area contributed by atoms with Crippen molar-refractivity contribution < 1.29 is 14.6 Å². The third-order valence-electron chi connectivity index (χ3n) is 5.73. The lowest BCUT2D eigenvalue weighted by atomic mass is 10.1. The molecular weight excluding hydrogens is 454 g/mol. The van der Waals surface area contributed by atoms with Crippen molar-refractivity contribution in [2.45, 2.75) is 52.5 Å². The topological polar surface area (TPSA) is 127 Å². The van der Waals surface area contributed by atoms with Gasteiger partial charge in [-0.05, 0) is 56.0 Å². The maximum absolute atomic E-state index is 11.5. The molecule has 2 aliphatic heterocycles. The Bertz CT molecular complexity index is 1220. The zero-order valence-corrected chi connectivity index (χ0v) is 20.8. The van der Waals surface area contributed by atoms with Gasteiger partial charge in [0.05, 0.1) is 18.5 Å². The molecule has 34 heavy (non-hydrogen) atoms. The van der Waals surface area contributed by atoms with E-state index in [-0.39, 0.29) is 5.84 Å². The van der Waals surface area contributed by atoms with E-state index < -0.39 is 6.09 Å². The third kappa shape index (κ3) is 4.85. The van der Waals surface area contributed by atoms with Crippen molar-refractivity contribution in [3.63, 3.8) is 0 Å². The normalized spacial score (nSPS) is 13.2. The van der Waals surface area contributed by atoms with Gasteiger partial charge >= 0.3 is 6.09 Å². The highest BCUT2D eigenvalue weighted by molar-refractivity contribution is 7.97. The predicted octanol–water partition coefficient (Wildman–Crippen LogP) is 3.17. The van der Waals surface area contributed by atoms with Crippen LogP contribution in [-0.2, 0) is 18.7 Å². The number of rotatable bonds is 7. The van der Waals surface area contributed by atoms with Crippen LogP contribution in [0.1, 0.15) is 47.5 Å². The van der Waals surface area contributed by atoms with Gasteiger partial charge in [0.15, 0.2) is 5.84 Å². The summed E-state index contributed by atoms with van der Waals surface area (Å²) in [6.07, 6.45) is 1.42. The van der Waals surface area contributed by atoms with Crippen LogP contribution in [0.2, 0.25) is 0 Å². The summed E-state index contributed by atoms with van der Waals surface area (Å²) in [4.78, 5) is 17.6. The van der Waals surface area contributed by atoms with Gasteiger partial charge in [0.1, 0.15) is 18.0 Å². The fourth-order valence-corrected chi connectivity index (χ4v) is 4.95. The van der Waals surface area contributed by atoms with E-state index in [1.807, 2.05) is 13.8 Å². The van der Waals surface area contributed by atoms with Crippen LogP contribution in [0.3, 0.4) is 0 Å². The number of hydrogen-bond acceptors (Lipinski definition) is 8. The Hall–Kier alpha value is -3.18. The Morgan fingerprint density at radius 1 is 1.32 bits per heavy atom. The Kier molecular flexibility index (Phi) is 7.03. The number of carboxylic acid groups (broad SMARTS) is 1. The van der Waals surface area contributed by atoms with Crippen LogP contribution in [0.4, 0.5) is 4.79 Å². The van der Waals surface area contributed by atoms with E-state index in [9.17, 15) is 9.90 Å². The van der Waals surface area contributed by atoms with Gasteiger partial charge in [-0.1, -0.05) is 13.8 Å². The summed E-state index contributed by atoms with van der Waals surface area (Å²) in [7, 11) is 1.64. The first-order valence-electron chi connectivity index (χ1n) is 11.1. The Morgan fingerprint density at radius 2 is 2.12 bits per heavy atom. The monoisotopic (exact) mass is 483 g/mol. The number of nitrogens with zero attached hydrogens (tertiary/aromatic N) is 5. The molecule has 0 unspecified atom stereocenters. The third-order valence-corrected chi connectivity index (χ3v) is 6.46. The number of hydrogen-bond donors (Lipinski definition) is 3. The number of pyridine rings is 1. The molecule has 10 nitrogen and oxygen atoms in total. The van der Waals surface area contributed by atoms with E-state index >= 15 is 0 Å². The molecule has 3 N–H and O–H groups in total. The summed E-state index contributed by atoms with van der Waals surface area (Å²) in [5.41, 5.74) is 7.01. The molecule has 1 aromatic heterocycles. The smallest absolute Gasteiger partial charge is 0.410 e. The summed E-state index contributed by atoms with van der Waals surface area (Å²) in [5.74, 6) is 1.62. The Balaban J connectivity index is 1.79.